The zero-order valence-electron chi connectivity index (χ0n) is 22.3. The van der Waals surface area contributed by atoms with Gasteiger partial charge in [0.2, 0.25) is 5.91 Å². The number of aliphatic carboxylic acids is 1. The molecular formula is C27H38F2N4O5. The minimum Gasteiger partial charge on any atom is -0.480 e. The van der Waals surface area contributed by atoms with Crippen LogP contribution in [-0.2, 0) is 14.3 Å². The van der Waals surface area contributed by atoms with Crippen molar-refractivity contribution in [3.05, 3.63) is 24.8 Å². The van der Waals surface area contributed by atoms with Gasteiger partial charge in [-0.1, -0.05) is 26.0 Å². The van der Waals surface area contributed by atoms with Crippen molar-refractivity contribution in [3.63, 3.8) is 0 Å². The first-order valence-electron chi connectivity index (χ1n) is 13.0. The molecule has 4 N–H and O–H groups in total. The molecule has 1 saturated heterocycles. The van der Waals surface area contributed by atoms with Gasteiger partial charge in [0.15, 0.2) is 0 Å². The Morgan fingerprint density at radius 3 is 2.00 bits per heavy atom. The van der Waals surface area contributed by atoms with Crippen molar-refractivity contribution >= 4 is 18.0 Å². The van der Waals surface area contributed by atoms with Gasteiger partial charge in [-0.3, -0.25) is 4.79 Å². The highest BCUT2D eigenvalue weighted by Gasteiger charge is 2.58. The van der Waals surface area contributed by atoms with Crippen LogP contribution in [0.4, 0.5) is 13.6 Å². The van der Waals surface area contributed by atoms with Crippen molar-refractivity contribution in [1.82, 2.24) is 10.2 Å². The number of halogens is 2. The monoisotopic (exact) mass is 536 g/mol. The summed E-state index contributed by atoms with van der Waals surface area (Å²) in [6.07, 6.45) is 4.28. The van der Waals surface area contributed by atoms with E-state index >= 15 is 0 Å². The van der Waals surface area contributed by atoms with Gasteiger partial charge < -0.3 is 25.8 Å². The number of nitrogens with one attached hydrogen (secondary N) is 1. The quantitative estimate of drug-likeness (QED) is 0.444. The maximum atomic E-state index is 13.7. The van der Waals surface area contributed by atoms with E-state index < -0.39 is 52.2 Å². The number of carboxylic acids is 1. The first kappa shape index (κ1) is 29.6. The van der Waals surface area contributed by atoms with Crippen molar-refractivity contribution in [2.75, 3.05) is 0 Å². The summed E-state index contributed by atoms with van der Waals surface area (Å²) in [4.78, 5) is 37.0. The lowest BCUT2D eigenvalue weighted by molar-refractivity contribution is -0.145. The van der Waals surface area contributed by atoms with E-state index in [4.69, 9.17) is 15.7 Å². The fraction of sp³-hybridized carbons (Fsp3) is 0.704. The number of nitrogens with zero attached hydrogens (tertiary/aromatic N) is 2. The maximum absolute atomic E-state index is 13.7. The van der Waals surface area contributed by atoms with Crippen LogP contribution in [0.3, 0.4) is 0 Å². The third-order valence-corrected chi connectivity index (χ3v) is 8.40. The first-order chi connectivity index (χ1) is 17.6. The molecule has 38 heavy (non-hydrogen) atoms. The van der Waals surface area contributed by atoms with Crippen molar-refractivity contribution < 1.29 is 33.0 Å². The van der Waals surface area contributed by atoms with Crippen LogP contribution in [0.25, 0.3) is 0 Å². The van der Waals surface area contributed by atoms with E-state index in [2.05, 4.69) is 24.5 Å². The zero-order chi connectivity index (χ0) is 28.6. The molecule has 2 unspecified atom stereocenters. The molecule has 5 atom stereocenters. The van der Waals surface area contributed by atoms with Crippen LogP contribution >= 0.6 is 0 Å². The number of nitrogens with two attached hydrogens (primary N) is 1. The second-order valence-corrected chi connectivity index (χ2v) is 11.9. The number of carbonyl (C=O) groups is 3. The molecule has 4 fully saturated rings. The Balaban J connectivity index is 0.000000211. The number of likely N-dealkylation sites (tertiary alicyclic amines) is 1. The normalized spacial score (nSPS) is 27.4. The number of fused-ring (bicyclic) bond motifs is 1. The largest absolute Gasteiger partial charge is 0.480 e. The lowest BCUT2D eigenvalue weighted by Gasteiger charge is -2.45. The standard InChI is InChI=1S/C14H18FN3O.C13H20FNO4/c1-8(15)14(3-2-4-14)12(17)13(19)18-10(7-16)5-9-6-11(9)18;1-8(14)13(6-5-7-13)9(10(16)17)15-11(18)19-12(2,3)4/h9-12H,1-6,17H2;9H,1,5-7H2,2-4H3,(H,15,18)(H,16,17)/t9-,10+,11+,12?;/m1./s1. The molecule has 0 radical (unpaired) electrons. The Morgan fingerprint density at radius 1 is 1.11 bits per heavy atom. The molecule has 3 saturated carbocycles. The van der Waals surface area contributed by atoms with Crippen LogP contribution in [0.5, 0.6) is 0 Å². The molecule has 0 aromatic rings. The Morgan fingerprint density at radius 2 is 1.63 bits per heavy atom. The van der Waals surface area contributed by atoms with Gasteiger partial charge in [0.05, 0.1) is 17.5 Å². The van der Waals surface area contributed by atoms with Gasteiger partial charge in [-0.2, -0.15) is 5.26 Å². The average molecular weight is 537 g/mol. The number of carboxylic acid groups (broad SMARTS) is 1. The predicted octanol–water partition coefficient (Wildman–Crippen LogP) is 4.10. The van der Waals surface area contributed by atoms with Crippen LogP contribution in [0, 0.1) is 28.1 Å². The number of hydrogen-bond donors (Lipinski definition) is 3. The number of piperidine rings is 1. The summed E-state index contributed by atoms with van der Waals surface area (Å²) in [6, 6.07) is -0.309. The second kappa shape index (κ2) is 10.6. The third-order valence-electron chi connectivity index (χ3n) is 8.40. The van der Waals surface area contributed by atoms with E-state index in [1.165, 1.54) is 0 Å². The van der Waals surface area contributed by atoms with Crippen LogP contribution in [0.1, 0.15) is 72.1 Å². The number of amides is 2. The summed E-state index contributed by atoms with van der Waals surface area (Å²) in [5, 5.41) is 20.5. The zero-order valence-corrected chi connectivity index (χ0v) is 22.3. The van der Waals surface area contributed by atoms with Gasteiger partial charge in [0, 0.05) is 11.5 Å². The SMILES string of the molecule is C=C(F)C1(C(N)C(=O)N2[C@H](C#N)C[C@@H]3C[C@@H]32)CCC1.C=C(F)C1(C(NC(=O)OC(C)(C)C)C(=O)O)CCC1. The van der Waals surface area contributed by atoms with E-state index in [1.54, 1.807) is 25.7 Å². The number of carbonyl (C=O) groups excluding carboxylic acids is 2. The first-order valence-corrected chi connectivity index (χ1v) is 13.0. The summed E-state index contributed by atoms with van der Waals surface area (Å²) in [5.41, 5.74) is 3.20. The van der Waals surface area contributed by atoms with Crippen LogP contribution in [0.2, 0.25) is 0 Å². The van der Waals surface area contributed by atoms with Gasteiger partial charge in [-0.25, -0.2) is 18.4 Å². The number of ether oxygens (including phenoxy) is 1. The summed E-state index contributed by atoms with van der Waals surface area (Å²) >= 11 is 0. The van der Waals surface area contributed by atoms with E-state index in [1.807, 2.05) is 0 Å². The van der Waals surface area contributed by atoms with Gasteiger partial charge >= 0.3 is 12.1 Å². The van der Waals surface area contributed by atoms with E-state index in [0.29, 0.717) is 38.0 Å². The summed E-state index contributed by atoms with van der Waals surface area (Å²) in [5.74, 6) is -2.30. The lowest BCUT2D eigenvalue weighted by atomic mass is 9.63. The summed E-state index contributed by atoms with van der Waals surface area (Å²) in [7, 11) is 0. The maximum Gasteiger partial charge on any atom is 0.408 e. The highest BCUT2D eigenvalue weighted by molar-refractivity contribution is 5.85. The van der Waals surface area contributed by atoms with Crippen molar-refractivity contribution in [3.8, 4) is 6.07 Å². The second-order valence-electron chi connectivity index (χ2n) is 11.9. The molecule has 0 spiro atoms. The fourth-order valence-corrected chi connectivity index (χ4v) is 5.73. The molecule has 4 aliphatic rings. The lowest BCUT2D eigenvalue weighted by Crippen LogP contribution is -2.57. The average Bonchev–Trinajstić information content (AvgIpc) is 3.39. The highest BCUT2D eigenvalue weighted by atomic mass is 19.1. The van der Waals surface area contributed by atoms with Crippen LogP contribution < -0.4 is 11.1 Å². The molecule has 9 nitrogen and oxygen atoms in total. The van der Waals surface area contributed by atoms with Crippen LogP contribution in [0.15, 0.2) is 24.8 Å². The fourth-order valence-electron chi connectivity index (χ4n) is 5.73. The molecule has 3 aliphatic carbocycles. The topological polar surface area (TPSA) is 146 Å². The number of alkyl carbamates (subject to hydrolysis) is 1. The Bertz CT molecular complexity index is 1040. The smallest absolute Gasteiger partial charge is 0.408 e. The van der Waals surface area contributed by atoms with Crippen molar-refractivity contribution in [1.29, 1.82) is 5.26 Å². The molecule has 0 aromatic heterocycles. The minimum absolute atomic E-state index is 0.160. The molecule has 0 bridgehead atoms. The van der Waals surface area contributed by atoms with Gasteiger partial charge in [0.1, 0.15) is 29.3 Å². The van der Waals surface area contributed by atoms with E-state index in [9.17, 15) is 28.3 Å². The number of hydrogen-bond acceptors (Lipinski definition) is 6. The van der Waals surface area contributed by atoms with Gasteiger partial charge in [-0.15, -0.1) is 0 Å². The van der Waals surface area contributed by atoms with E-state index in [-0.39, 0.29) is 18.0 Å². The summed E-state index contributed by atoms with van der Waals surface area (Å²) < 4.78 is 32.2. The molecule has 0 aromatic carbocycles. The molecule has 1 heterocycles. The minimum atomic E-state index is -1.35. The Kier molecular flexibility index (Phi) is 8.27. The molecule has 4 rings (SSSR count). The molecule has 1 aliphatic heterocycles. The number of nitriles is 1. The van der Waals surface area contributed by atoms with Crippen molar-refractivity contribution in [2.45, 2.75) is 102 Å². The molecule has 2 amide bonds. The number of rotatable bonds is 7. The highest BCUT2D eigenvalue weighted by Crippen LogP contribution is 2.53. The third kappa shape index (κ3) is 5.55. The van der Waals surface area contributed by atoms with Gasteiger partial charge in [-0.05, 0) is 65.2 Å². The Hall–Kier alpha value is -3.00. The predicted molar refractivity (Wildman–Crippen MR) is 135 cm³/mol. The summed E-state index contributed by atoms with van der Waals surface area (Å²) in [6.45, 7) is 11.6. The molecule has 11 heteroatoms. The van der Waals surface area contributed by atoms with Crippen LogP contribution in [-0.4, -0.2) is 57.7 Å². The molecular weight excluding hydrogens is 498 g/mol. The van der Waals surface area contributed by atoms with Gasteiger partial charge in [0.25, 0.3) is 0 Å². The van der Waals surface area contributed by atoms with E-state index in [0.717, 1.165) is 19.3 Å². The van der Waals surface area contributed by atoms with Crippen molar-refractivity contribution in [2.24, 2.45) is 22.5 Å². The Labute approximate surface area is 222 Å². The molecule has 210 valence electrons.